The molecule has 0 aliphatic carbocycles. The molecule has 0 saturated heterocycles. The number of hydrogen-bond acceptors (Lipinski definition) is 2. The minimum Gasteiger partial charge on any atom is -0.478 e. The van der Waals surface area contributed by atoms with E-state index in [1.807, 2.05) is 13.0 Å². The van der Waals surface area contributed by atoms with Crippen LogP contribution in [0.5, 0.6) is 0 Å². The first-order valence-electron chi connectivity index (χ1n) is 4.14. The molecule has 0 amide bonds. The van der Waals surface area contributed by atoms with Gasteiger partial charge in [0.1, 0.15) is 0 Å². The molecular weight excluding hydrogens is 168 g/mol. The molecule has 13 heavy (non-hydrogen) atoms. The number of ether oxygens (including phenoxy) is 1. The summed E-state index contributed by atoms with van der Waals surface area (Å²) in [7, 11) is 0. The van der Waals surface area contributed by atoms with Crippen molar-refractivity contribution in [2.45, 2.75) is 13.5 Å². The summed E-state index contributed by atoms with van der Waals surface area (Å²) < 4.78 is 5.16. The van der Waals surface area contributed by atoms with Crippen LogP contribution in [0.3, 0.4) is 0 Å². The summed E-state index contributed by atoms with van der Waals surface area (Å²) in [5.41, 5.74) is 1.19. The molecule has 0 aromatic heterocycles. The maximum absolute atomic E-state index is 10.6. The molecule has 0 heterocycles. The molecule has 0 unspecified atom stereocenters. The van der Waals surface area contributed by atoms with Crippen LogP contribution < -0.4 is 0 Å². The van der Waals surface area contributed by atoms with Crippen molar-refractivity contribution in [2.24, 2.45) is 0 Å². The Bertz CT molecular complexity index is 294. The predicted molar refractivity (Wildman–Crippen MR) is 48.7 cm³/mol. The van der Waals surface area contributed by atoms with Crippen LogP contribution in [0.4, 0.5) is 0 Å². The number of aromatic carboxylic acids is 1. The number of rotatable bonds is 4. The van der Waals surface area contributed by atoms with E-state index in [0.717, 1.165) is 5.56 Å². The van der Waals surface area contributed by atoms with Crippen LogP contribution in [0, 0.1) is 0 Å². The van der Waals surface area contributed by atoms with Gasteiger partial charge in [0.2, 0.25) is 0 Å². The highest BCUT2D eigenvalue weighted by atomic mass is 16.5. The molecule has 0 bridgehead atoms. The van der Waals surface area contributed by atoms with Gasteiger partial charge < -0.3 is 9.84 Å². The lowest BCUT2D eigenvalue weighted by atomic mass is 10.1. The van der Waals surface area contributed by atoms with E-state index in [-0.39, 0.29) is 0 Å². The van der Waals surface area contributed by atoms with Crippen LogP contribution in [0.2, 0.25) is 0 Å². The summed E-state index contributed by atoms with van der Waals surface area (Å²) in [5, 5.41) is 8.69. The Kier molecular flexibility index (Phi) is 3.46. The fourth-order valence-electron chi connectivity index (χ4n) is 1.01. The standard InChI is InChI=1S/C10H12O3/c1-2-13-7-8-4-3-5-9(6-8)10(11)12/h3-6H,2,7H2,1H3,(H,11,12). The highest BCUT2D eigenvalue weighted by molar-refractivity contribution is 5.87. The third-order valence-corrected chi connectivity index (χ3v) is 1.65. The maximum Gasteiger partial charge on any atom is 0.335 e. The normalized spacial score (nSPS) is 9.92. The van der Waals surface area contributed by atoms with Crippen LogP contribution in [0.15, 0.2) is 24.3 Å². The second-order valence-electron chi connectivity index (χ2n) is 2.64. The Morgan fingerprint density at radius 2 is 2.31 bits per heavy atom. The van der Waals surface area contributed by atoms with Gasteiger partial charge in [-0.25, -0.2) is 4.79 Å². The summed E-state index contributed by atoms with van der Waals surface area (Å²) in [6, 6.07) is 6.76. The Morgan fingerprint density at radius 3 is 2.92 bits per heavy atom. The SMILES string of the molecule is CCOCc1cccc(C(=O)O)c1. The van der Waals surface area contributed by atoms with Gasteiger partial charge in [0, 0.05) is 6.61 Å². The fraction of sp³-hybridized carbons (Fsp3) is 0.300. The minimum absolute atomic E-state index is 0.303. The molecule has 0 atom stereocenters. The maximum atomic E-state index is 10.6. The van der Waals surface area contributed by atoms with Crippen molar-refractivity contribution in [1.29, 1.82) is 0 Å². The summed E-state index contributed by atoms with van der Waals surface area (Å²) in [6.45, 7) is 3.01. The summed E-state index contributed by atoms with van der Waals surface area (Å²) >= 11 is 0. The number of carboxylic acid groups (broad SMARTS) is 1. The Morgan fingerprint density at radius 1 is 1.54 bits per heavy atom. The average molecular weight is 180 g/mol. The largest absolute Gasteiger partial charge is 0.478 e. The van der Waals surface area contributed by atoms with Crippen molar-refractivity contribution in [2.75, 3.05) is 6.61 Å². The first kappa shape index (κ1) is 9.74. The van der Waals surface area contributed by atoms with Gasteiger partial charge in [-0.2, -0.15) is 0 Å². The molecule has 0 aliphatic rings. The molecular formula is C10H12O3. The van der Waals surface area contributed by atoms with Gasteiger partial charge in [-0.15, -0.1) is 0 Å². The van der Waals surface area contributed by atoms with Crippen LogP contribution in [-0.2, 0) is 11.3 Å². The van der Waals surface area contributed by atoms with Gasteiger partial charge in [-0.1, -0.05) is 12.1 Å². The molecule has 0 spiro atoms. The lowest BCUT2D eigenvalue weighted by Crippen LogP contribution is -1.98. The van der Waals surface area contributed by atoms with Gasteiger partial charge in [-0.3, -0.25) is 0 Å². The van der Waals surface area contributed by atoms with E-state index in [0.29, 0.717) is 18.8 Å². The van der Waals surface area contributed by atoms with Crippen LogP contribution in [0.25, 0.3) is 0 Å². The van der Waals surface area contributed by atoms with E-state index >= 15 is 0 Å². The third kappa shape index (κ3) is 2.87. The van der Waals surface area contributed by atoms with Gasteiger partial charge in [0.15, 0.2) is 0 Å². The Balaban J connectivity index is 2.73. The number of carbonyl (C=O) groups is 1. The van der Waals surface area contributed by atoms with Crippen molar-refractivity contribution >= 4 is 5.97 Å². The van der Waals surface area contributed by atoms with E-state index in [1.54, 1.807) is 18.2 Å². The highest BCUT2D eigenvalue weighted by Gasteiger charge is 2.02. The minimum atomic E-state index is -0.904. The first-order chi connectivity index (χ1) is 6.24. The molecule has 1 aromatic rings. The van der Waals surface area contributed by atoms with E-state index in [2.05, 4.69) is 0 Å². The molecule has 3 nitrogen and oxygen atoms in total. The smallest absolute Gasteiger partial charge is 0.335 e. The van der Waals surface area contributed by atoms with Crippen molar-refractivity contribution in [3.63, 3.8) is 0 Å². The summed E-state index contributed by atoms with van der Waals surface area (Å²) in [6.07, 6.45) is 0. The van der Waals surface area contributed by atoms with Crippen molar-refractivity contribution in [3.8, 4) is 0 Å². The number of benzene rings is 1. The summed E-state index contributed by atoms with van der Waals surface area (Å²) in [5.74, 6) is -0.904. The monoisotopic (exact) mass is 180 g/mol. The molecule has 0 fully saturated rings. The van der Waals surface area contributed by atoms with Crippen molar-refractivity contribution in [1.82, 2.24) is 0 Å². The van der Waals surface area contributed by atoms with Crippen molar-refractivity contribution < 1.29 is 14.6 Å². The average Bonchev–Trinajstić information content (AvgIpc) is 2.15. The summed E-state index contributed by atoms with van der Waals surface area (Å²) in [4.78, 5) is 10.6. The molecule has 1 N–H and O–H groups in total. The van der Waals surface area contributed by atoms with Crippen LogP contribution in [-0.4, -0.2) is 17.7 Å². The molecule has 1 rings (SSSR count). The second-order valence-corrected chi connectivity index (χ2v) is 2.64. The van der Waals surface area contributed by atoms with Gasteiger partial charge in [-0.05, 0) is 24.6 Å². The molecule has 1 aromatic carbocycles. The van der Waals surface area contributed by atoms with Crippen LogP contribution >= 0.6 is 0 Å². The first-order valence-corrected chi connectivity index (χ1v) is 4.14. The Labute approximate surface area is 77.0 Å². The number of hydrogen-bond donors (Lipinski definition) is 1. The lowest BCUT2D eigenvalue weighted by molar-refractivity contribution is 0.0696. The molecule has 3 heteroatoms. The van der Waals surface area contributed by atoms with Crippen molar-refractivity contribution in [3.05, 3.63) is 35.4 Å². The lowest BCUT2D eigenvalue weighted by Gasteiger charge is -2.01. The zero-order valence-electron chi connectivity index (χ0n) is 7.49. The van der Waals surface area contributed by atoms with Crippen LogP contribution in [0.1, 0.15) is 22.8 Å². The quantitative estimate of drug-likeness (QED) is 0.770. The molecule has 0 radical (unpaired) electrons. The van der Waals surface area contributed by atoms with Gasteiger partial charge >= 0.3 is 5.97 Å². The van der Waals surface area contributed by atoms with E-state index < -0.39 is 5.97 Å². The molecule has 70 valence electrons. The van der Waals surface area contributed by atoms with Gasteiger partial charge in [0.25, 0.3) is 0 Å². The van der Waals surface area contributed by atoms with E-state index in [4.69, 9.17) is 9.84 Å². The Hall–Kier alpha value is -1.35. The van der Waals surface area contributed by atoms with E-state index in [9.17, 15) is 4.79 Å². The third-order valence-electron chi connectivity index (χ3n) is 1.65. The zero-order valence-corrected chi connectivity index (χ0v) is 7.49. The number of carboxylic acids is 1. The topological polar surface area (TPSA) is 46.5 Å². The van der Waals surface area contributed by atoms with E-state index in [1.165, 1.54) is 0 Å². The predicted octanol–water partition coefficient (Wildman–Crippen LogP) is 1.92. The molecule has 0 aliphatic heterocycles. The van der Waals surface area contributed by atoms with Gasteiger partial charge in [0.05, 0.1) is 12.2 Å². The second kappa shape index (κ2) is 4.62. The molecule has 0 saturated carbocycles. The fourth-order valence-corrected chi connectivity index (χ4v) is 1.01. The highest BCUT2D eigenvalue weighted by Crippen LogP contribution is 2.06. The zero-order chi connectivity index (χ0) is 9.68.